The number of nitrogens with one attached hydrogen (secondary N) is 1. The molecule has 1 atom stereocenters. The van der Waals surface area contributed by atoms with Crippen LogP contribution in [0.3, 0.4) is 0 Å². The molecule has 1 aliphatic rings. The third kappa shape index (κ3) is 4.99. The van der Waals surface area contributed by atoms with E-state index in [-0.39, 0.29) is 24.3 Å². The zero-order chi connectivity index (χ0) is 24.1. The van der Waals surface area contributed by atoms with Crippen molar-refractivity contribution in [3.05, 3.63) is 71.8 Å². The maximum atomic E-state index is 13.1. The number of methoxy groups -OCH3 is 2. The van der Waals surface area contributed by atoms with Gasteiger partial charge in [0.05, 0.1) is 20.3 Å². The average Bonchev–Trinajstić information content (AvgIpc) is 2.90. The Morgan fingerprint density at radius 2 is 1.76 bits per heavy atom. The summed E-state index contributed by atoms with van der Waals surface area (Å²) in [6.07, 6.45) is 0.240. The van der Waals surface area contributed by atoms with Gasteiger partial charge in [-0.3, -0.25) is 9.59 Å². The number of likely N-dealkylation sites (tertiary alicyclic amines) is 1. The molecule has 2 amide bonds. The molecule has 1 unspecified atom stereocenters. The Kier molecular flexibility index (Phi) is 7.33. The van der Waals surface area contributed by atoms with Crippen LogP contribution in [0.5, 0.6) is 11.5 Å². The molecule has 1 saturated heterocycles. The summed E-state index contributed by atoms with van der Waals surface area (Å²) in [5.74, 6) is 0.817. The molecule has 7 heteroatoms. The topological polar surface area (TPSA) is 88.1 Å². The van der Waals surface area contributed by atoms with E-state index >= 15 is 0 Å². The highest BCUT2D eigenvalue weighted by Gasteiger charge is 2.29. The van der Waals surface area contributed by atoms with Crippen molar-refractivity contribution in [2.24, 2.45) is 5.92 Å². The minimum absolute atomic E-state index is 0.00352. The fraction of sp³-hybridized carbons (Fsp3) is 0.333. The van der Waals surface area contributed by atoms with Crippen LogP contribution in [0.15, 0.2) is 60.7 Å². The van der Waals surface area contributed by atoms with E-state index in [1.54, 1.807) is 25.3 Å². The van der Waals surface area contributed by atoms with Gasteiger partial charge >= 0.3 is 0 Å². The van der Waals surface area contributed by atoms with Gasteiger partial charge in [-0.2, -0.15) is 0 Å². The summed E-state index contributed by atoms with van der Waals surface area (Å²) in [7, 11) is 3.08. The molecular formula is C27H30N2O5. The van der Waals surface area contributed by atoms with Gasteiger partial charge < -0.3 is 24.8 Å². The largest absolute Gasteiger partial charge is 0.497 e. The summed E-state index contributed by atoms with van der Waals surface area (Å²) in [5.41, 5.74) is 1.24. The molecule has 3 aromatic rings. The highest BCUT2D eigenvalue weighted by atomic mass is 16.5. The molecule has 34 heavy (non-hydrogen) atoms. The van der Waals surface area contributed by atoms with Gasteiger partial charge in [0.2, 0.25) is 5.91 Å². The van der Waals surface area contributed by atoms with E-state index < -0.39 is 6.10 Å². The van der Waals surface area contributed by atoms with Gasteiger partial charge in [-0.25, -0.2) is 0 Å². The molecule has 0 saturated carbocycles. The summed E-state index contributed by atoms with van der Waals surface area (Å²) in [4.78, 5) is 27.7. The number of aliphatic hydroxyl groups is 1. The lowest BCUT2D eigenvalue weighted by atomic mass is 9.94. The minimum atomic E-state index is -0.929. The van der Waals surface area contributed by atoms with Gasteiger partial charge in [-0.1, -0.05) is 36.4 Å². The normalized spacial score (nSPS) is 15.1. The van der Waals surface area contributed by atoms with Crippen molar-refractivity contribution in [2.45, 2.75) is 18.9 Å². The fourth-order valence-corrected chi connectivity index (χ4v) is 4.48. The van der Waals surface area contributed by atoms with Crippen molar-refractivity contribution in [3.8, 4) is 11.5 Å². The minimum Gasteiger partial charge on any atom is -0.497 e. The third-order valence-electron chi connectivity index (χ3n) is 6.44. The molecule has 2 N–H and O–H groups in total. The second-order valence-electron chi connectivity index (χ2n) is 8.46. The number of carbonyl (C=O) groups excluding carboxylic acids is 2. The van der Waals surface area contributed by atoms with E-state index in [2.05, 4.69) is 5.32 Å². The Morgan fingerprint density at radius 3 is 2.50 bits per heavy atom. The molecule has 178 valence electrons. The van der Waals surface area contributed by atoms with Gasteiger partial charge in [0, 0.05) is 36.7 Å². The van der Waals surface area contributed by atoms with Crippen LogP contribution in [-0.2, 0) is 4.79 Å². The standard InChI is InChI=1S/C27H30N2O5/c1-33-20-10-11-25(34-2)23(16-20)24(30)17-28-26(31)19-12-14-29(15-13-19)27(32)22-9-5-7-18-6-3-4-8-21(18)22/h3-11,16,19,24,30H,12-15,17H2,1-2H3,(H,28,31). The van der Waals surface area contributed by atoms with Crippen LogP contribution in [0.4, 0.5) is 0 Å². The Bertz CT molecular complexity index is 1170. The van der Waals surface area contributed by atoms with Crippen molar-refractivity contribution in [1.82, 2.24) is 10.2 Å². The van der Waals surface area contributed by atoms with E-state index in [1.807, 2.05) is 47.4 Å². The molecule has 0 spiro atoms. The van der Waals surface area contributed by atoms with Crippen molar-refractivity contribution >= 4 is 22.6 Å². The number of aliphatic hydroxyl groups excluding tert-OH is 1. The molecule has 0 aliphatic carbocycles. The molecule has 3 aromatic carbocycles. The van der Waals surface area contributed by atoms with Crippen LogP contribution in [0.1, 0.15) is 34.9 Å². The van der Waals surface area contributed by atoms with Gasteiger partial charge in [0.25, 0.3) is 5.91 Å². The molecular weight excluding hydrogens is 432 g/mol. The fourth-order valence-electron chi connectivity index (χ4n) is 4.48. The Hall–Kier alpha value is -3.58. The first-order valence-corrected chi connectivity index (χ1v) is 11.5. The first-order chi connectivity index (χ1) is 16.5. The number of benzene rings is 3. The highest BCUT2D eigenvalue weighted by Crippen LogP contribution is 2.29. The Morgan fingerprint density at radius 1 is 1.03 bits per heavy atom. The molecule has 0 aromatic heterocycles. The lowest BCUT2D eigenvalue weighted by molar-refractivity contribution is -0.126. The van der Waals surface area contributed by atoms with Crippen LogP contribution < -0.4 is 14.8 Å². The Balaban J connectivity index is 1.33. The number of hydrogen-bond acceptors (Lipinski definition) is 5. The number of hydrogen-bond donors (Lipinski definition) is 2. The smallest absolute Gasteiger partial charge is 0.254 e. The predicted molar refractivity (Wildman–Crippen MR) is 130 cm³/mol. The molecule has 7 nitrogen and oxygen atoms in total. The zero-order valence-corrected chi connectivity index (χ0v) is 19.5. The summed E-state index contributed by atoms with van der Waals surface area (Å²) < 4.78 is 10.5. The van der Waals surface area contributed by atoms with Gasteiger partial charge in [-0.15, -0.1) is 0 Å². The molecule has 4 rings (SSSR count). The molecule has 1 aliphatic heterocycles. The van der Waals surface area contributed by atoms with Gasteiger partial charge in [-0.05, 0) is 47.9 Å². The lowest BCUT2D eigenvalue weighted by Crippen LogP contribution is -2.43. The number of carbonyl (C=O) groups is 2. The number of fused-ring (bicyclic) bond motifs is 1. The first kappa shape index (κ1) is 23.6. The second-order valence-corrected chi connectivity index (χ2v) is 8.46. The number of ether oxygens (including phenoxy) is 2. The van der Waals surface area contributed by atoms with Crippen molar-refractivity contribution in [2.75, 3.05) is 33.9 Å². The zero-order valence-electron chi connectivity index (χ0n) is 19.5. The van der Waals surface area contributed by atoms with Crippen LogP contribution >= 0.6 is 0 Å². The summed E-state index contributed by atoms with van der Waals surface area (Å²) >= 11 is 0. The molecule has 0 radical (unpaired) electrons. The van der Waals surface area contributed by atoms with Crippen LogP contribution in [-0.4, -0.2) is 55.7 Å². The number of amides is 2. The first-order valence-electron chi connectivity index (χ1n) is 11.5. The summed E-state index contributed by atoms with van der Waals surface area (Å²) in [6, 6.07) is 18.8. The van der Waals surface area contributed by atoms with E-state index in [4.69, 9.17) is 9.47 Å². The Labute approximate surface area is 199 Å². The summed E-state index contributed by atoms with van der Waals surface area (Å²) in [5, 5.41) is 15.5. The number of nitrogens with zero attached hydrogens (tertiary/aromatic N) is 1. The second kappa shape index (κ2) is 10.6. The monoisotopic (exact) mass is 462 g/mol. The van der Waals surface area contributed by atoms with Crippen molar-refractivity contribution < 1.29 is 24.2 Å². The molecule has 1 fully saturated rings. The summed E-state index contributed by atoms with van der Waals surface area (Å²) in [6.45, 7) is 1.11. The lowest BCUT2D eigenvalue weighted by Gasteiger charge is -2.32. The quantitative estimate of drug-likeness (QED) is 0.561. The van der Waals surface area contributed by atoms with Crippen LogP contribution in [0.25, 0.3) is 10.8 Å². The van der Waals surface area contributed by atoms with Crippen LogP contribution in [0, 0.1) is 5.92 Å². The van der Waals surface area contributed by atoms with E-state index in [0.29, 0.717) is 48.6 Å². The maximum absolute atomic E-state index is 13.1. The van der Waals surface area contributed by atoms with E-state index in [0.717, 1.165) is 10.8 Å². The average molecular weight is 463 g/mol. The number of piperidine rings is 1. The number of rotatable bonds is 7. The predicted octanol–water partition coefficient (Wildman–Crippen LogP) is 3.56. The van der Waals surface area contributed by atoms with Gasteiger partial charge in [0.15, 0.2) is 0 Å². The molecule has 1 heterocycles. The van der Waals surface area contributed by atoms with Crippen molar-refractivity contribution in [3.63, 3.8) is 0 Å². The third-order valence-corrected chi connectivity index (χ3v) is 6.44. The van der Waals surface area contributed by atoms with Crippen LogP contribution in [0.2, 0.25) is 0 Å². The highest BCUT2D eigenvalue weighted by molar-refractivity contribution is 6.07. The van der Waals surface area contributed by atoms with Gasteiger partial charge in [0.1, 0.15) is 11.5 Å². The maximum Gasteiger partial charge on any atom is 0.254 e. The van der Waals surface area contributed by atoms with Crippen molar-refractivity contribution in [1.29, 1.82) is 0 Å². The van der Waals surface area contributed by atoms with E-state index in [9.17, 15) is 14.7 Å². The SMILES string of the molecule is COc1ccc(OC)c(C(O)CNC(=O)C2CCN(C(=O)c3cccc4ccccc34)CC2)c1. The molecule has 0 bridgehead atoms. The van der Waals surface area contributed by atoms with E-state index in [1.165, 1.54) is 7.11 Å².